The van der Waals surface area contributed by atoms with E-state index < -0.39 is 0 Å². The number of aliphatic hydroxyl groups is 1. The van der Waals surface area contributed by atoms with Crippen molar-refractivity contribution in [3.05, 3.63) is 22.9 Å². The molecule has 1 aromatic rings. The number of anilines is 1. The summed E-state index contributed by atoms with van der Waals surface area (Å²) in [7, 11) is 0. The highest BCUT2D eigenvalue weighted by molar-refractivity contribution is 5.57. The van der Waals surface area contributed by atoms with Gasteiger partial charge in [-0.05, 0) is 50.2 Å². The maximum Gasteiger partial charge on any atom is 0.147 e. The zero-order valence-electron chi connectivity index (χ0n) is 12.5. The maximum absolute atomic E-state index is 9.70. The molecule has 1 saturated heterocycles. The lowest BCUT2D eigenvalue weighted by atomic mass is 9.94. The lowest BCUT2D eigenvalue weighted by molar-refractivity contribution is 0.254. The Balaban J connectivity index is 2.01. The van der Waals surface area contributed by atoms with Gasteiger partial charge < -0.3 is 10.0 Å². The smallest absolute Gasteiger partial charge is 0.147 e. The average molecular weight is 285 g/mol. The fraction of sp³-hybridized carbons (Fsp3) is 0.647. The topological polar surface area (TPSA) is 60.2 Å². The van der Waals surface area contributed by atoms with Crippen LogP contribution in [0.4, 0.5) is 5.82 Å². The van der Waals surface area contributed by atoms with Gasteiger partial charge in [-0.3, -0.25) is 0 Å². The Hall–Kier alpha value is -1.60. The van der Waals surface area contributed by atoms with Gasteiger partial charge in [0.05, 0.1) is 18.2 Å². The number of hydrogen-bond donors (Lipinski definition) is 1. The number of aromatic nitrogens is 1. The predicted octanol–water partition coefficient (Wildman–Crippen LogP) is 2.57. The number of aryl methyl sites for hydroxylation is 2. The van der Waals surface area contributed by atoms with E-state index in [2.05, 4.69) is 11.0 Å². The Kier molecular flexibility index (Phi) is 4.40. The van der Waals surface area contributed by atoms with Crippen molar-refractivity contribution < 1.29 is 5.11 Å². The van der Waals surface area contributed by atoms with Gasteiger partial charge in [-0.1, -0.05) is 12.8 Å². The van der Waals surface area contributed by atoms with Gasteiger partial charge >= 0.3 is 0 Å². The van der Waals surface area contributed by atoms with Gasteiger partial charge in [-0.25, -0.2) is 4.98 Å². The Morgan fingerprint density at radius 2 is 2.10 bits per heavy atom. The molecule has 1 N–H and O–H groups in total. The number of pyridine rings is 1. The quantitative estimate of drug-likeness (QED) is 0.907. The van der Waals surface area contributed by atoms with Crippen molar-refractivity contribution in [3.63, 3.8) is 0 Å². The maximum atomic E-state index is 9.70. The molecule has 0 radical (unpaired) electrons. The van der Waals surface area contributed by atoms with Crippen LogP contribution in [-0.4, -0.2) is 29.3 Å². The molecule has 1 unspecified atom stereocenters. The summed E-state index contributed by atoms with van der Waals surface area (Å²) in [5.41, 5.74) is 3.09. The first kappa shape index (κ1) is 14.3. The minimum atomic E-state index is 0.105. The lowest BCUT2D eigenvalue weighted by Gasteiger charge is -2.31. The van der Waals surface area contributed by atoms with Crippen molar-refractivity contribution in [3.8, 4) is 6.07 Å². The number of aliphatic hydroxyl groups excluding tert-OH is 1. The molecular formula is C17H23N3O. The van der Waals surface area contributed by atoms with Crippen molar-refractivity contribution in [1.29, 1.82) is 5.26 Å². The van der Waals surface area contributed by atoms with Crippen LogP contribution in [0.15, 0.2) is 6.07 Å². The summed E-state index contributed by atoms with van der Waals surface area (Å²) in [6.45, 7) is 1.04. The molecule has 21 heavy (non-hydrogen) atoms. The Labute approximate surface area is 126 Å². The summed E-state index contributed by atoms with van der Waals surface area (Å²) in [6.07, 6.45) is 8.89. The van der Waals surface area contributed by atoms with E-state index in [1.165, 1.54) is 24.8 Å². The summed E-state index contributed by atoms with van der Waals surface area (Å²) < 4.78 is 0. The molecule has 2 aliphatic rings. The standard InChI is InChI=1S/C17H23N3O/c18-11-14-10-13-6-3-4-8-16(13)19-17(14)20-9-5-1-2-7-15(20)12-21/h10,15,21H,1-9,12H2. The first-order valence-corrected chi connectivity index (χ1v) is 8.14. The van der Waals surface area contributed by atoms with E-state index in [1.807, 2.05) is 6.07 Å². The van der Waals surface area contributed by atoms with Gasteiger partial charge in [0.25, 0.3) is 0 Å². The molecule has 0 bridgehead atoms. The molecule has 112 valence electrons. The lowest BCUT2D eigenvalue weighted by Crippen LogP contribution is -2.39. The van der Waals surface area contributed by atoms with Crippen LogP contribution in [0.25, 0.3) is 0 Å². The van der Waals surface area contributed by atoms with Crippen LogP contribution in [0, 0.1) is 11.3 Å². The minimum Gasteiger partial charge on any atom is -0.394 e. The Bertz CT molecular complexity index is 550. The SMILES string of the molecule is N#Cc1cc2c(nc1N1CCCCCC1CO)CCCC2. The number of nitrogens with zero attached hydrogens (tertiary/aromatic N) is 3. The van der Waals surface area contributed by atoms with Crippen LogP contribution in [0.2, 0.25) is 0 Å². The van der Waals surface area contributed by atoms with E-state index in [1.54, 1.807) is 0 Å². The third-order valence-corrected chi connectivity index (χ3v) is 4.76. The van der Waals surface area contributed by atoms with Crippen molar-refractivity contribution in [1.82, 2.24) is 4.98 Å². The number of hydrogen-bond acceptors (Lipinski definition) is 4. The molecule has 3 rings (SSSR count). The zero-order valence-corrected chi connectivity index (χ0v) is 12.5. The van der Waals surface area contributed by atoms with Crippen LogP contribution in [0.5, 0.6) is 0 Å². The van der Waals surface area contributed by atoms with Gasteiger partial charge in [0.15, 0.2) is 0 Å². The molecule has 1 fully saturated rings. The van der Waals surface area contributed by atoms with E-state index in [4.69, 9.17) is 4.98 Å². The first-order valence-electron chi connectivity index (χ1n) is 8.14. The van der Waals surface area contributed by atoms with E-state index in [0.717, 1.165) is 50.2 Å². The van der Waals surface area contributed by atoms with E-state index in [0.29, 0.717) is 5.56 Å². The van der Waals surface area contributed by atoms with Gasteiger partial charge in [0.1, 0.15) is 11.9 Å². The molecule has 1 aliphatic heterocycles. The van der Waals surface area contributed by atoms with Gasteiger partial charge in [0, 0.05) is 12.2 Å². The van der Waals surface area contributed by atoms with Crippen molar-refractivity contribution in [2.75, 3.05) is 18.1 Å². The number of fused-ring (bicyclic) bond motifs is 1. The molecule has 0 spiro atoms. The largest absolute Gasteiger partial charge is 0.394 e. The molecule has 4 nitrogen and oxygen atoms in total. The molecule has 2 heterocycles. The highest BCUT2D eigenvalue weighted by atomic mass is 16.3. The number of rotatable bonds is 2. The monoisotopic (exact) mass is 285 g/mol. The minimum absolute atomic E-state index is 0.105. The zero-order chi connectivity index (χ0) is 14.7. The molecule has 0 amide bonds. The summed E-state index contributed by atoms with van der Waals surface area (Å²) in [5, 5.41) is 19.2. The average Bonchev–Trinajstić information content (AvgIpc) is 2.78. The molecule has 1 atom stereocenters. The second kappa shape index (κ2) is 6.44. The van der Waals surface area contributed by atoms with E-state index in [-0.39, 0.29) is 12.6 Å². The van der Waals surface area contributed by atoms with Crippen LogP contribution in [0.1, 0.15) is 55.3 Å². The fourth-order valence-corrected chi connectivity index (χ4v) is 3.57. The van der Waals surface area contributed by atoms with E-state index >= 15 is 0 Å². The Morgan fingerprint density at radius 3 is 2.90 bits per heavy atom. The molecule has 0 aromatic carbocycles. The molecule has 4 heteroatoms. The highest BCUT2D eigenvalue weighted by Crippen LogP contribution is 2.29. The Morgan fingerprint density at radius 1 is 1.24 bits per heavy atom. The van der Waals surface area contributed by atoms with Crippen LogP contribution in [-0.2, 0) is 12.8 Å². The van der Waals surface area contributed by atoms with Crippen molar-refractivity contribution in [2.45, 2.75) is 57.4 Å². The molecular weight excluding hydrogens is 262 g/mol. The predicted molar refractivity (Wildman–Crippen MR) is 82.3 cm³/mol. The second-order valence-electron chi connectivity index (χ2n) is 6.16. The first-order chi connectivity index (χ1) is 10.3. The third-order valence-electron chi connectivity index (χ3n) is 4.76. The summed E-state index contributed by atoms with van der Waals surface area (Å²) in [5.74, 6) is 0.805. The molecule has 0 saturated carbocycles. The third kappa shape index (κ3) is 2.89. The number of nitriles is 1. The van der Waals surface area contributed by atoms with Crippen LogP contribution >= 0.6 is 0 Å². The van der Waals surface area contributed by atoms with Crippen LogP contribution < -0.4 is 4.90 Å². The van der Waals surface area contributed by atoms with Gasteiger partial charge in [0.2, 0.25) is 0 Å². The van der Waals surface area contributed by atoms with Crippen molar-refractivity contribution in [2.24, 2.45) is 0 Å². The molecule has 1 aliphatic carbocycles. The molecule has 1 aromatic heterocycles. The summed E-state index contributed by atoms with van der Waals surface area (Å²) >= 11 is 0. The van der Waals surface area contributed by atoms with Gasteiger partial charge in [-0.2, -0.15) is 5.26 Å². The van der Waals surface area contributed by atoms with Crippen molar-refractivity contribution >= 4 is 5.82 Å². The normalized spacial score (nSPS) is 22.3. The highest BCUT2D eigenvalue weighted by Gasteiger charge is 2.25. The summed E-state index contributed by atoms with van der Waals surface area (Å²) in [4.78, 5) is 7.02. The fourth-order valence-electron chi connectivity index (χ4n) is 3.57. The van der Waals surface area contributed by atoms with Crippen LogP contribution in [0.3, 0.4) is 0 Å². The van der Waals surface area contributed by atoms with E-state index in [9.17, 15) is 10.4 Å². The van der Waals surface area contributed by atoms with Gasteiger partial charge in [-0.15, -0.1) is 0 Å². The second-order valence-corrected chi connectivity index (χ2v) is 6.16. The summed E-state index contributed by atoms with van der Waals surface area (Å²) in [6, 6.07) is 4.47.